The summed E-state index contributed by atoms with van der Waals surface area (Å²) < 4.78 is 7.10. The van der Waals surface area contributed by atoms with Gasteiger partial charge in [0.1, 0.15) is 23.6 Å². The molecule has 1 aliphatic heterocycles. The third kappa shape index (κ3) is 4.69. The van der Waals surface area contributed by atoms with Gasteiger partial charge >= 0.3 is 0 Å². The molecule has 1 aliphatic rings. The van der Waals surface area contributed by atoms with Crippen molar-refractivity contribution in [2.45, 2.75) is 45.3 Å². The Morgan fingerprint density at radius 2 is 1.97 bits per heavy atom. The number of anilines is 1. The largest absolute Gasteiger partial charge is 0.463 e. The Balaban J connectivity index is 1.40. The lowest BCUT2D eigenvalue weighted by Gasteiger charge is -2.23. The van der Waals surface area contributed by atoms with Crippen molar-refractivity contribution in [1.82, 2.24) is 35.0 Å². The van der Waals surface area contributed by atoms with Gasteiger partial charge in [0.25, 0.3) is 11.8 Å². The van der Waals surface area contributed by atoms with Crippen molar-refractivity contribution < 1.29 is 18.8 Å². The smallest absolute Gasteiger partial charge is 0.269 e. The zero-order valence-corrected chi connectivity index (χ0v) is 20.8. The number of aryl methyl sites for hydroxylation is 3. The Labute approximate surface area is 212 Å². The van der Waals surface area contributed by atoms with Crippen molar-refractivity contribution in [3.63, 3.8) is 0 Å². The van der Waals surface area contributed by atoms with Crippen LogP contribution in [0.3, 0.4) is 0 Å². The first-order valence-corrected chi connectivity index (χ1v) is 12.2. The third-order valence-corrected chi connectivity index (χ3v) is 6.51. The van der Waals surface area contributed by atoms with Gasteiger partial charge in [0.05, 0.1) is 24.0 Å². The van der Waals surface area contributed by atoms with Crippen LogP contribution in [0, 0.1) is 0 Å². The molecule has 0 radical (unpaired) electrons. The van der Waals surface area contributed by atoms with E-state index in [0.717, 1.165) is 5.69 Å². The first-order chi connectivity index (χ1) is 17.9. The van der Waals surface area contributed by atoms with Crippen LogP contribution in [0.25, 0.3) is 11.0 Å². The van der Waals surface area contributed by atoms with Crippen LogP contribution in [0.5, 0.6) is 0 Å². The zero-order chi connectivity index (χ0) is 26.1. The summed E-state index contributed by atoms with van der Waals surface area (Å²) in [6.45, 7) is 4.56. The molecule has 1 fully saturated rings. The van der Waals surface area contributed by atoms with E-state index in [1.807, 2.05) is 26.0 Å². The fourth-order valence-corrected chi connectivity index (χ4v) is 4.60. The van der Waals surface area contributed by atoms with Crippen molar-refractivity contribution >= 4 is 34.5 Å². The summed E-state index contributed by atoms with van der Waals surface area (Å²) in [6, 6.07) is 7.68. The topological polar surface area (TPSA) is 140 Å². The summed E-state index contributed by atoms with van der Waals surface area (Å²) in [7, 11) is 1.71. The molecule has 0 bridgehead atoms. The molecule has 5 rings (SSSR count). The predicted octanol–water partition coefficient (Wildman–Crippen LogP) is 1.99. The lowest BCUT2D eigenvalue weighted by Crippen LogP contribution is -2.43. The van der Waals surface area contributed by atoms with Crippen molar-refractivity contribution in [3.05, 3.63) is 59.7 Å². The van der Waals surface area contributed by atoms with Gasteiger partial charge in [-0.05, 0) is 31.9 Å². The lowest BCUT2D eigenvalue weighted by atomic mass is 10.1. The number of hydrogen-bond donors (Lipinski definition) is 2. The fraction of sp³-hybridized carbons (Fsp3) is 0.360. The molecule has 3 amide bonds. The van der Waals surface area contributed by atoms with Crippen molar-refractivity contribution in [3.8, 4) is 0 Å². The highest BCUT2D eigenvalue weighted by molar-refractivity contribution is 6.08. The van der Waals surface area contributed by atoms with E-state index in [9.17, 15) is 14.4 Å². The standard InChI is InChI=1S/C25H28N8O4/c1-4-15-10-19(31(3)29-15)23(34)27-16-11-20(24(35)28-22-12-26-33(5-2)30-22)32(13-16)25(36)18-14-37-21-9-7-6-8-17(18)21/h6-10,12,14,16,20H,4-5,11,13H2,1-3H3,(H,27,34)(H,28,30,35)/t16-,20+/m1/s1. The monoisotopic (exact) mass is 504 g/mol. The fourth-order valence-electron chi connectivity index (χ4n) is 4.60. The van der Waals surface area contributed by atoms with E-state index in [1.165, 1.54) is 26.8 Å². The molecule has 4 aromatic rings. The summed E-state index contributed by atoms with van der Waals surface area (Å²) in [5.41, 5.74) is 2.16. The number of fused-ring (bicyclic) bond motifs is 1. The molecule has 3 aromatic heterocycles. The van der Waals surface area contributed by atoms with Crippen molar-refractivity contribution in [1.29, 1.82) is 0 Å². The Hall–Kier alpha value is -4.48. The number of rotatable bonds is 7. The van der Waals surface area contributed by atoms with Crippen LogP contribution < -0.4 is 10.6 Å². The Bertz CT molecular complexity index is 1470. The van der Waals surface area contributed by atoms with Gasteiger partial charge < -0.3 is 20.0 Å². The van der Waals surface area contributed by atoms with E-state index in [1.54, 1.807) is 25.2 Å². The van der Waals surface area contributed by atoms with Crippen LogP contribution in [-0.2, 0) is 24.8 Å². The number of aromatic nitrogens is 5. The van der Waals surface area contributed by atoms with Crippen molar-refractivity contribution in [2.75, 3.05) is 11.9 Å². The highest BCUT2D eigenvalue weighted by Gasteiger charge is 2.41. The van der Waals surface area contributed by atoms with Gasteiger partial charge in [-0.2, -0.15) is 15.0 Å². The second-order valence-corrected chi connectivity index (χ2v) is 8.93. The number of nitrogens with zero attached hydrogens (tertiary/aromatic N) is 6. The van der Waals surface area contributed by atoms with Crippen molar-refractivity contribution in [2.24, 2.45) is 7.05 Å². The first kappa shape index (κ1) is 24.2. The van der Waals surface area contributed by atoms with Gasteiger partial charge in [0, 0.05) is 25.0 Å². The summed E-state index contributed by atoms with van der Waals surface area (Å²) in [5.74, 6) is -0.780. The summed E-state index contributed by atoms with van der Waals surface area (Å²) in [6.07, 6.45) is 3.80. The number of nitrogens with one attached hydrogen (secondary N) is 2. The second kappa shape index (κ2) is 9.88. The van der Waals surface area contributed by atoms with Gasteiger partial charge in [0.2, 0.25) is 5.91 Å². The maximum absolute atomic E-state index is 13.7. The van der Waals surface area contributed by atoms with Crippen LogP contribution in [-0.4, -0.2) is 66.0 Å². The molecule has 0 saturated carbocycles. The van der Waals surface area contributed by atoms with Crippen LogP contribution >= 0.6 is 0 Å². The molecule has 0 unspecified atom stereocenters. The van der Waals surface area contributed by atoms with E-state index in [4.69, 9.17) is 4.42 Å². The molecule has 2 atom stereocenters. The normalized spacial score (nSPS) is 17.3. The molecule has 192 valence electrons. The Kier molecular flexibility index (Phi) is 6.47. The summed E-state index contributed by atoms with van der Waals surface area (Å²) >= 11 is 0. The number of amides is 3. The Morgan fingerprint density at radius 3 is 2.70 bits per heavy atom. The minimum Gasteiger partial charge on any atom is -0.463 e. The number of benzene rings is 1. The van der Waals surface area contributed by atoms with E-state index in [2.05, 4.69) is 25.9 Å². The van der Waals surface area contributed by atoms with Gasteiger partial charge in [-0.25, -0.2) is 0 Å². The molecule has 1 aromatic carbocycles. The average molecular weight is 505 g/mol. The molecule has 2 N–H and O–H groups in total. The molecule has 12 nitrogen and oxygen atoms in total. The minimum absolute atomic E-state index is 0.155. The highest BCUT2D eigenvalue weighted by Crippen LogP contribution is 2.27. The van der Waals surface area contributed by atoms with Gasteiger partial charge in [0.15, 0.2) is 5.82 Å². The van der Waals surface area contributed by atoms with Crippen LogP contribution in [0.4, 0.5) is 5.82 Å². The first-order valence-electron chi connectivity index (χ1n) is 12.2. The zero-order valence-electron chi connectivity index (χ0n) is 20.8. The molecule has 4 heterocycles. The minimum atomic E-state index is -0.837. The third-order valence-electron chi connectivity index (χ3n) is 6.51. The highest BCUT2D eigenvalue weighted by atomic mass is 16.3. The van der Waals surface area contributed by atoms with Gasteiger partial charge in [-0.15, -0.1) is 5.10 Å². The number of furan rings is 1. The van der Waals surface area contributed by atoms with Crippen LogP contribution in [0.15, 0.2) is 47.2 Å². The average Bonchev–Trinajstić information content (AvgIpc) is 3.68. The second-order valence-electron chi connectivity index (χ2n) is 8.93. The molecular formula is C25H28N8O4. The molecule has 0 spiro atoms. The van der Waals surface area contributed by atoms with E-state index < -0.39 is 18.0 Å². The maximum Gasteiger partial charge on any atom is 0.269 e. The maximum atomic E-state index is 13.7. The molecule has 0 aliphatic carbocycles. The number of para-hydroxylation sites is 1. The number of hydrogen-bond acceptors (Lipinski definition) is 7. The quantitative estimate of drug-likeness (QED) is 0.392. The predicted molar refractivity (Wildman–Crippen MR) is 134 cm³/mol. The number of likely N-dealkylation sites (tertiary alicyclic amines) is 1. The van der Waals surface area contributed by atoms with Gasteiger partial charge in [-0.3, -0.25) is 19.1 Å². The molecule has 12 heteroatoms. The molecule has 1 saturated heterocycles. The van der Waals surface area contributed by atoms with Crippen LogP contribution in [0.1, 0.15) is 46.8 Å². The summed E-state index contributed by atoms with van der Waals surface area (Å²) in [4.78, 5) is 42.9. The summed E-state index contributed by atoms with van der Waals surface area (Å²) in [5, 5.41) is 19.0. The molecular weight excluding hydrogens is 476 g/mol. The number of carbonyl (C=O) groups is 3. The van der Waals surface area contributed by atoms with E-state index >= 15 is 0 Å². The van der Waals surface area contributed by atoms with E-state index in [-0.39, 0.29) is 24.8 Å². The molecule has 37 heavy (non-hydrogen) atoms. The SMILES string of the molecule is CCc1cc(C(=O)N[C@@H]2C[C@@H](C(=O)Nc3cnn(CC)n3)N(C(=O)c3coc4ccccc34)C2)n(C)n1. The van der Waals surface area contributed by atoms with Crippen LogP contribution in [0.2, 0.25) is 0 Å². The Morgan fingerprint density at radius 1 is 1.16 bits per heavy atom. The lowest BCUT2D eigenvalue weighted by molar-refractivity contribution is -0.119. The van der Waals surface area contributed by atoms with Gasteiger partial charge in [-0.1, -0.05) is 25.1 Å². The van der Waals surface area contributed by atoms with E-state index in [0.29, 0.717) is 41.0 Å². The number of carbonyl (C=O) groups excluding carboxylic acids is 3.